The van der Waals surface area contributed by atoms with Crippen molar-refractivity contribution < 1.29 is 18.4 Å². The number of carbonyl (C=O) groups is 2. The average Bonchev–Trinajstić information content (AvgIpc) is 3.05. The van der Waals surface area contributed by atoms with Crippen molar-refractivity contribution in [3.63, 3.8) is 0 Å². The molecule has 1 aliphatic heterocycles. The first kappa shape index (κ1) is 12.8. The van der Waals surface area contributed by atoms with Gasteiger partial charge in [0.15, 0.2) is 0 Å². The molecule has 1 heterocycles. The predicted molar refractivity (Wildman–Crippen MR) is 63.6 cm³/mol. The van der Waals surface area contributed by atoms with E-state index in [9.17, 15) is 18.4 Å². The number of carbonyl (C=O) groups excluding carboxylic acids is 2. The molecule has 1 atom stereocenters. The van der Waals surface area contributed by atoms with Gasteiger partial charge in [-0.25, -0.2) is 8.78 Å². The second-order valence-corrected chi connectivity index (χ2v) is 5.91. The second kappa shape index (κ2) is 4.42. The molecule has 4 nitrogen and oxygen atoms in total. The predicted octanol–water partition coefficient (Wildman–Crippen LogP) is 1.30. The van der Waals surface area contributed by atoms with Crippen LogP contribution in [-0.4, -0.2) is 41.3 Å². The van der Waals surface area contributed by atoms with Crippen LogP contribution in [0.4, 0.5) is 8.78 Å². The van der Waals surface area contributed by atoms with E-state index in [1.165, 1.54) is 0 Å². The van der Waals surface area contributed by atoms with E-state index in [0.717, 1.165) is 30.6 Å². The van der Waals surface area contributed by atoms with Gasteiger partial charge in [0.05, 0.1) is 6.54 Å². The molecule has 1 spiro atoms. The lowest BCUT2D eigenvalue weighted by Gasteiger charge is -2.44. The van der Waals surface area contributed by atoms with E-state index < -0.39 is 24.6 Å². The van der Waals surface area contributed by atoms with Crippen LogP contribution in [0.2, 0.25) is 0 Å². The Labute approximate surface area is 110 Å². The Kier molecular flexibility index (Phi) is 2.98. The molecule has 3 rings (SSSR count). The molecule has 2 saturated carbocycles. The van der Waals surface area contributed by atoms with Crippen LogP contribution in [0.25, 0.3) is 0 Å². The normalized spacial score (nSPS) is 30.3. The molecule has 0 bridgehead atoms. The first-order valence-corrected chi connectivity index (χ1v) is 6.95. The molecule has 106 valence electrons. The first-order valence-electron chi connectivity index (χ1n) is 6.95. The van der Waals surface area contributed by atoms with Crippen LogP contribution in [0.15, 0.2) is 0 Å². The molecule has 19 heavy (non-hydrogen) atoms. The number of alkyl halides is 2. The third-order valence-electron chi connectivity index (χ3n) is 4.50. The Bertz CT molecular complexity index is 403. The van der Waals surface area contributed by atoms with Crippen LogP contribution < -0.4 is 5.32 Å². The van der Waals surface area contributed by atoms with E-state index in [2.05, 4.69) is 5.32 Å². The quantitative estimate of drug-likeness (QED) is 0.842. The summed E-state index contributed by atoms with van der Waals surface area (Å²) in [5.41, 5.74) is -0.892. The average molecular weight is 272 g/mol. The summed E-state index contributed by atoms with van der Waals surface area (Å²) in [6.45, 7) is -0.616. The highest BCUT2D eigenvalue weighted by molar-refractivity contribution is 6.00. The van der Waals surface area contributed by atoms with E-state index in [-0.39, 0.29) is 17.7 Å². The molecule has 6 heteroatoms. The van der Waals surface area contributed by atoms with Crippen molar-refractivity contribution in [2.45, 2.75) is 56.5 Å². The Balaban J connectivity index is 1.88. The molecule has 1 unspecified atom stereocenters. The zero-order valence-electron chi connectivity index (χ0n) is 10.7. The van der Waals surface area contributed by atoms with E-state index in [1.54, 1.807) is 0 Å². The lowest BCUT2D eigenvalue weighted by molar-refractivity contribution is -0.158. The van der Waals surface area contributed by atoms with Crippen LogP contribution in [-0.2, 0) is 9.59 Å². The summed E-state index contributed by atoms with van der Waals surface area (Å²) in [4.78, 5) is 25.9. The van der Waals surface area contributed by atoms with Crippen LogP contribution in [0.1, 0.15) is 38.5 Å². The van der Waals surface area contributed by atoms with Crippen molar-refractivity contribution in [3.05, 3.63) is 0 Å². The number of piperazine rings is 1. The summed E-state index contributed by atoms with van der Waals surface area (Å²) in [6, 6.07) is -0.673. The number of halogens is 2. The minimum absolute atomic E-state index is 0.0708. The van der Waals surface area contributed by atoms with E-state index in [0.29, 0.717) is 12.8 Å². The van der Waals surface area contributed by atoms with Gasteiger partial charge in [0, 0.05) is 0 Å². The highest BCUT2D eigenvalue weighted by Gasteiger charge is 2.55. The van der Waals surface area contributed by atoms with Crippen molar-refractivity contribution in [1.29, 1.82) is 0 Å². The Morgan fingerprint density at radius 3 is 2.42 bits per heavy atom. The third-order valence-corrected chi connectivity index (χ3v) is 4.50. The van der Waals surface area contributed by atoms with E-state index in [4.69, 9.17) is 0 Å². The van der Waals surface area contributed by atoms with Gasteiger partial charge in [-0.05, 0) is 31.6 Å². The van der Waals surface area contributed by atoms with Crippen molar-refractivity contribution in [2.75, 3.05) is 6.54 Å². The van der Waals surface area contributed by atoms with Gasteiger partial charge < -0.3 is 10.2 Å². The van der Waals surface area contributed by atoms with Crippen LogP contribution in [0, 0.1) is 5.92 Å². The molecule has 2 amide bonds. The fourth-order valence-corrected chi connectivity index (χ4v) is 3.45. The smallest absolute Gasteiger partial charge is 0.255 e. The highest BCUT2D eigenvalue weighted by Crippen LogP contribution is 2.41. The fraction of sp³-hybridized carbons (Fsp3) is 0.846. The summed E-state index contributed by atoms with van der Waals surface area (Å²) < 4.78 is 25.5. The molecule has 3 fully saturated rings. The van der Waals surface area contributed by atoms with Gasteiger partial charge in [-0.3, -0.25) is 9.59 Å². The minimum Gasteiger partial charge on any atom is -0.340 e. The Morgan fingerprint density at radius 1 is 1.26 bits per heavy atom. The largest absolute Gasteiger partial charge is 0.340 e. The van der Waals surface area contributed by atoms with E-state index >= 15 is 0 Å². The molecular formula is C13H18F2N2O2. The maximum absolute atomic E-state index is 12.7. The van der Waals surface area contributed by atoms with Crippen LogP contribution in [0.5, 0.6) is 0 Å². The molecule has 0 aromatic carbocycles. The van der Waals surface area contributed by atoms with Crippen LogP contribution >= 0.6 is 0 Å². The molecule has 3 aliphatic rings. The van der Waals surface area contributed by atoms with Gasteiger partial charge >= 0.3 is 0 Å². The summed E-state index contributed by atoms with van der Waals surface area (Å²) in [5.74, 6) is -0.451. The second-order valence-electron chi connectivity index (χ2n) is 5.91. The molecule has 0 radical (unpaired) electrons. The zero-order valence-corrected chi connectivity index (χ0v) is 10.7. The number of nitrogens with one attached hydrogen (secondary N) is 1. The van der Waals surface area contributed by atoms with Crippen molar-refractivity contribution >= 4 is 11.8 Å². The number of hydrogen-bond donors (Lipinski definition) is 1. The monoisotopic (exact) mass is 272 g/mol. The SMILES string of the molecule is O=C1NC2(CCCC2)C(=O)N(CC(F)F)C1C1CC1. The number of rotatable bonds is 3. The molecule has 1 N–H and O–H groups in total. The minimum atomic E-state index is -2.59. The Morgan fingerprint density at radius 2 is 1.89 bits per heavy atom. The van der Waals surface area contributed by atoms with Crippen molar-refractivity contribution in [1.82, 2.24) is 10.2 Å². The van der Waals surface area contributed by atoms with Gasteiger partial charge in [0.25, 0.3) is 6.43 Å². The Hall–Kier alpha value is -1.20. The van der Waals surface area contributed by atoms with Crippen molar-refractivity contribution in [3.8, 4) is 0 Å². The van der Waals surface area contributed by atoms with Gasteiger partial charge in [-0.2, -0.15) is 0 Å². The van der Waals surface area contributed by atoms with Gasteiger partial charge in [-0.15, -0.1) is 0 Å². The summed E-state index contributed by atoms with van der Waals surface area (Å²) in [6.07, 6.45) is 1.99. The molecule has 0 aromatic rings. The third kappa shape index (κ3) is 2.11. The van der Waals surface area contributed by atoms with Gasteiger partial charge in [-0.1, -0.05) is 12.8 Å². The fourth-order valence-electron chi connectivity index (χ4n) is 3.45. The summed E-state index contributed by atoms with van der Waals surface area (Å²) in [5, 5.41) is 2.84. The lowest BCUT2D eigenvalue weighted by atomic mass is 9.89. The molecule has 1 saturated heterocycles. The molecule has 0 aromatic heterocycles. The lowest BCUT2D eigenvalue weighted by Crippen LogP contribution is -2.70. The highest BCUT2D eigenvalue weighted by atomic mass is 19.3. The van der Waals surface area contributed by atoms with Gasteiger partial charge in [0.1, 0.15) is 11.6 Å². The summed E-state index contributed by atoms with van der Waals surface area (Å²) in [7, 11) is 0. The maximum Gasteiger partial charge on any atom is 0.255 e. The number of hydrogen-bond acceptors (Lipinski definition) is 2. The number of nitrogens with zero attached hydrogens (tertiary/aromatic N) is 1. The first-order chi connectivity index (χ1) is 9.03. The van der Waals surface area contributed by atoms with E-state index in [1.807, 2.05) is 0 Å². The molecular weight excluding hydrogens is 254 g/mol. The topological polar surface area (TPSA) is 49.4 Å². The standard InChI is InChI=1S/C13H18F2N2O2/c14-9(15)7-17-10(8-3-4-8)11(18)16-13(12(17)19)5-1-2-6-13/h8-10H,1-7H2,(H,16,18). The zero-order chi connectivity index (χ0) is 13.6. The van der Waals surface area contributed by atoms with Crippen LogP contribution in [0.3, 0.4) is 0 Å². The summed E-state index contributed by atoms with van der Waals surface area (Å²) >= 11 is 0. The maximum atomic E-state index is 12.7. The van der Waals surface area contributed by atoms with Crippen molar-refractivity contribution in [2.24, 2.45) is 5.92 Å². The number of amides is 2. The van der Waals surface area contributed by atoms with Gasteiger partial charge in [0.2, 0.25) is 11.8 Å². The molecule has 2 aliphatic carbocycles.